The number of H-pyrrole nitrogens is 1. The zero-order valence-corrected chi connectivity index (χ0v) is 11.3. The Kier molecular flexibility index (Phi) is 9.31. The monoisotopic (exact) mass is 287 g/mol. The molecule has 0 aliphatic heterocycles. The molecule has 0 spiro atoms. The van der Waals surface area contributed by atoms with Gasteiger partial charge in [0.05, 0.1) is 0 Å². The maximum atomic E-state index is 10.8. The van der Waals surface area contributed by atoms with Gasteiger partial charge in [-0.3, -0.25) is 9.59 Å². The molecule has 6 nitrogen and oxygen atoms in total. The van der Waals surface area contributed by atoms with Crippen LogP contribution in [-0.4, -0.2) is 22.1 Å². The molecule has 1 aromatic carbocycles. The van der Waals surface area contributed by atoms with Gasteiger partial charge in [-0.2, -0.15) is 0 Å². The Balaban J connectivity index is 0. The Morgan fingerprint density at radius 1 is 1.26 bits per heavy atom. The van der Waals surface area contributed by atoms with Crippen molar-refractivity contribution in [1.29, 1.82) is 0 Å². The second-order valence-corrected chi connectivity index (χ2v) is 3.54. The van der Waals surface area contributed by atoms with Gasteiger partial charge in [0, 0.05) is 11.6 Å². The second-order valence-electron chi connectivity index (χ2n) is 3.54. The first kappa shape index (κ1) is 19.4. The average Bonchev–Trinajstić information content (AvgIpc) is 2.29. The Morgan fingerprint density at radius 2 is 1.79 bits per heavy atom. The third-order valence-corrected chi connectivity index (χ3v) is 2.02. The normalized spacial score (nSPS) is 10.2. The molecule has 0 aliphatic rings. The number of carbonyl (C=O) groups is 1. The number of aromatic amines is 1. The number of hydrogen-bond donors (Lipinski definition) is 4. The van der Waals surface area contributed by atoms with E-state index in [2.05, 4.69) is 4.98 Å². The van der Waals surface area contributed by atoms with Crippen LogP contribution in [0.3, 0.4) is 0 Å². The van der Waals surface area contributed by atoms with E-state index in [1.165, 1.54) is 13.0 Å². The number of hydrogen-bond acceptors (Lipinski definition) is 4. The first-order valence-electron chi connectivity index (χ1n) is 5.07. The molecular weight excluding hydrogens is 270 g/mol. The molecule has 0 saturated carbocycles. The summed E-state index contributed by atoms with van der Waals surface area (Å²) in [5.74, 6) is -0.963. The van der Waals surface area contributed by atoms with Crippen molar-refractivity contribution in [3.05, 3.63) is 46.8 Å². The van der Waals surface area contributed by atoms with Crippen LogP contribution in [0.2, 0.25) is 0 Å². The molecule has 7 N–H and O–H groups in total. The molecule has 0 aliphatic carbocycles. The lowest BCUT2D eigenvalue weighted by molar-refractivity contribution is -0.138. The standard InChI is InChI=1S/C9H7NO.C3H7NO2.ClH.H3N/c11-9-6-5-7-3-1-2-4-8(7)10-9;1-2(4)3(5)6;;/h1-6H,(H,10,11);2H,4H2,1H3,(H,5,6);1H;1H3. The number of halogens is 1. The summed E-state index contributed by atoms with van der Waals surface area (Å²) in [7, 11) is 0. The zero-order valence-electron chi connectivity index (χ0n) is 10.5. The van der Waals surface area contributed by atoms with Crippen molar-refractivity contribution in [2.75, 3.05) is 0 Å². The maximum absolute atomic E-state index is 10.8. The van der Waals surface area contributed by atoms with Crippen molar-refractivity contribution >= 4 is 29.3 Å². The molecule has 2 rings (SSSR count). The lowest BCUT2D eigenvalue weighted by Gasteiger charge is -1.93. The molecule has 2 aromatic rings. The molecule has 0 amide bonds. The van der Waals surface area contributed by atoms with Gasteiger partial charge >= 0.3 is 5.97 Å². The SMILES string of the molecule is CC(N)C(=O)O.Cl.N.O=c1ccc2ccccc2[nH]1. The first-order chi connectivity index (χ1) is 8.00. The highest BCUT2D eigenvalue weighted by atomic mass is 35.5. The summed E-state index contributed by atoms with van der Waals surface area (Å²) in [6.45, 7) is 1.42. The van der Waals surface area contributed by atoms with Crippen LogP contribution in [0, 0.1) is 0 Å². The van der Waals surface area contributed by atoms with Crippen molar-refractivity contribution in [2.24, 2.45) is 5.73 Å². The van der Waals surface area contributed by atoms with Crippen molar-refractivity contribution < 1.29 is 9.90 Å². The van der Waals surface area contributed by atoms with Gasteiger partial charge in [-0.1, -0.05) is 18.2 Å². The highest BCUT2D eigenvalue weighted by molar-refractivity contribution is 5.85. The highest BCUT2D eigenvalue weighted by Crippen LogP contribution is 2.06. The quantitative estimate of drug-likeness (QED) is 0.631. The Bertz CT molecular complexity index is 569. The van der Waals surface area contributed by atoms with Gasteiger partial charge in [0.2, 0.25) is 5.56 Å². The fourth-order valence-electron chi connectivity index (χ4n) is 1.10. The molecule has 19 heavy (non-hydrogen) atoms. The predicted octanol–water partition coefficient (Wildman–Crippen LogP) is 1.53. The van der Waals surface area contributed by atoms with E-state index in [0.717, 1.165) is 10.9 Å². The minimum Gasteiger partial charge on any atom is -0.480 e. The van der Waals surface area contributed by atoms with E-state index in [-0.39, 0.29) is 24.1 Å². The van der Waals surface area contributed by atoms with Crippen LogP contribution < -0.4 is 17.4 Å². The van der Waals surface area contributed by atoms with Crippen LogP contribution in [0.15, 0.2) is 41.2 Å². The number of nitrogens with two attached hydrogens (primary N) is 1. The topological polar surface area (TPSA) is 131 Å². The highest BCUT2D eigenvalue weighted by Gasteiger charge is 1.99. The number of aromatic nitrogens is 1. The molecule has 1 aromatic heterocycles. The van der Waals surface area contributed by atoms with E-state index in [1.54, 1.807) is 0 Å². The average molecular weight is 288 g/mol. The molecule has 1 heterocycles. The predicted molar refractivity (Wildman–Crippen MR) is 78.1 cm³/mol. The lowest BCUT2D eigenvalue weighted by Crippen LogP contribution is -2.25. The second kappa shape index (κ2) is 9.09. The third kappa shape index (κ3) is 6.56. The Labute approximate surface area is 116 Å². The number of fused-ring (bicyclic) bond motifs is 1. The van der Waals surface area contributed by atoms with Crippen LogP contribution in [0.1, 0.15) is 6.92 Å². The summed E-state index contributed by atoms with van der Waals surface area (Å²) in [6, 6.07) is 10.3. The van der Waals surface area contributed by atoms with Gasteiger partial charge in [-0.15, -0.1) is 12.4 Å². The fourth-order valence-corrected chi connectivity index (χ4v) is 1.10. The summed E-state index contributed by atoms with van der Waals surface area (Å²) < 4.78 is 0. The number of pyridine rings is 1. The van der Waals surface area contributed by atoms with E-state index in [1.807, 2.05) is 30.3 Å². The zero-order chi connectivity index (χ0) is 12.8. The van der Waals surface area contributed by atoms with E-state index in [9.17, 15) is 9.59 Å². The number of nitrogens with one attached hydrogen (secondary N) is 1. The minimum atomic E-state index is -0.963. The molecule has 106 valence electrons. The van der Waals surface area contributed by atoms with Crippen molar-refractivity contribution in [2.45, 2.75) is 13.0 Å². The molecule has 7 heteroatoms. The Morgan fingerprint density at radius 3 is 2.32 bits per heavy atom. The largest absolute Gasteiger partial charge is 0.480 e. The maximum Gasteiger partial charge on any atom is 0.320 e. The summed E-state index contributed by atoms with van der Waals surface area (Å²) in [5, 5.41) is 8.93. The van der Waals surface area contributed by atoms with Gasteiger partial charge in [-0.05, 0) is 24.4 Å². The number of carboxylic acids is 1. The summed E-state index contributed by atoms with van der Waals surface area (Å²) in [6.07, 6.45) is 0. The minimum absolute atomic E-state index is 0. The smallest absolute Gasteiger partial charge is 0.320 e. The molecule has 0 radical (unpaired) electrons. The van der Waals surface area contributed by atoms with Gasteiger partial charge in [0.25, 0.3) is 0 Å². The summed E-state index contributed by atoms with van der Waals surface area (Å²) in [4.78, 5) is 23.1. The third-order valence-electron chi connectivity index (χ3n) is 2.02. The molecule has 0 fully saturated rings. The summed E-state index contributed by atoms with van der Waals surface area (Å²) in [5.41, 5.74) is 5.67. The van der Waals surface area contributed by atoms with Crippen LogP contribution >= 0.6 is 12.4 Å². The van der Waals surface area contributed by atoms with Crippen molar-refractivity contribution in [3.8, 4) is 0 Å². The van der Waals surface area contributed by atoms with E-state index < -0.39 is 12.0 Å². The number of aliphatic carboxylic acids is 1. The van der Waals surface area contributed by atoms with Crippen LogP contribution in [0.4, 0.5) is 0 Å². The van der Waals surface area contributed by atoms with Crippen LogP contribution in [-0.2, 0) is 4.79 Å². The van der Waals surface area contributed by atoms with Gasteiger partial charge in [0.1, 0.15) is 6.04 Å². The lowest BCUT2D eigenvalue weighted by atomic mass is 10.2. The van der Waals surface area contributed by atoms with E-state index in [0.29, 0.717) is 0 Å². The number of carboxylic acid groups (broad SMARTS) is 1. The Hall–Kier alpha value is -1.89. The number of benzene rings is 1. The van der Waals surface area contributed by atoms with E-state index in [4.69, 9.17) is 10.8 Å². The van der Waals surface area contributed by atoms with Gasteiger partial charge in [-0.25, -0.2) is 0 Å². The van der Waals surface area contributed by atoms with Crippen LogP contribution in [0.5, 0.6) is 0 Å². The molecule has 1 unspecified atom stereocenters. The first-order valence-corrected chi connectivity index (χ1v) is 5.07. The van der Waals surface area contributed by atoms with E-state index >= 15 is 0 Å². The fraction of sp³-hybridized carbons (Fsp3) is 0.167. The molecule has 1 atom stereocenters. The number of para-hydroxylation sites is 1. The van der Waals surface area contributed by atoms with Crippen molar-refractivity contribution in [3.63, 3.8) is 0 Å². The summed E-state index contributed by atoms with van der Waals surface area (Å²) >= 11 is 0. The molecule has 0 saturated heterocycles. The van der Waals surface area contributed by atoms with Gasteiger partial charge < -0.3 is 22.0 Å². The molecule has 0 bridgehead atoms. The van der Waals surface area contributed by atoms with Gasteiger partial charge in [0.15, 0.2) is 0 Å². The molecular formula is C12H18ClN3O3. The van der Waals surface area contributed by atoms with Crippen LogP contribution in [0.25, 0.3) is 10.9 Å². The van der Waals surface area contributed by atoms with Crippen molar-refractivity contribution in [1.82, 2.24) is 11.1 Å². The number of rotatable bonds is 1.